The van der Waals surface area contributed by atoms with Crippen molar-refractivity contribution >= 4 is 35.6 Å². The number of carbonyl (C=O) groups excluding carboxylic acids is 5. The number of nitro groups is 1. The number of nitro benzene ring substituents is 1. The summed E-state index contributed by atoms with van der Waals surface area (Å²) < 4.78 is 30.3. The molecule has 0 spiro atoms. The van der Waals surface area contributed by atoms with E-state index in [0.29, 0.717) is 0 Å². The average molecular weight is 614 g/mol. The lowest BCUT2D eigenvalue weighted by molar-refractivity contribution is -0.384. The molecule has 16 nitrogen and oxygen atoms in total. The Kier molecular flexibility index (Phi) is 17.5. The summed E-state index contributed by atoms with van der Waals surface area (Å²) in [5.41, 5.74) is -0.754. The van der Waals surface area contributed by atoms with Crippen LogP contribution in [0.5, 0.6) is 5.75 Å². The van der Waals surface area contributed by atoms with Gasteiger partial charge in [0.15, 0.2) is 0 Å². The largest absolute Gasteiger partial charge is 0.513 e. The van der Waals surface area contributed by atoms with Crippen molar-refractivity contribution in [1.29, 1.82) is 0 Å². The number of non-ortho nitro benzene ring substituents is 1. The van der Waals surface area contributed by atoms with Crippen molar-refractivity contribution in [1.82, 2.24) is 10.6 Å². The van der Waals surface area contributed by atoms with Crippen LogP contribution in [0.15, 0.2) is 24.3 Å². The van der Waals surface area contributed by atoms with Gasteiger partial charge in [0.1, 0.15) is 24.6 Å². The van der Waals surface area contributed by atoms with Crippen LogP contribution in [0.25, 0.3) is 0 Å². The number of ether oxygens (including phenoxy) is 6. The molecular formula is C27H39N3O13. The molecule has 0 radical (unpaired) electrons. The van der Waals surface area contributed by atoms with Crippen molar-refractivity contribution in [2.45, 2.75) is 52.1 Å². The molecule has 0 aliphatic rings. The molecule has 2 N–H and O–H groups in total. The number of rotatable bonds is 20. The molecule has 0 saturated heterocycles. The standard InChI is InChI=1S/C27H39N3O13/c1-27(2,3)43-25(34)11-9-23(32)29-13-15-40-24(33)10-8-22(31)28-12-14-38-16-17-39-18-19-41-26(35)42-21-6-4-20(5-7-21)30(36)37/h4-7H,8-19H2,1-3H3,(H,28,31)(H,29,32). The van der Waals surface area contributed by atoms with Crippen molar-refractivity contribution in [2.75, 3.05) is 52.7 Å². The maximum atomic E-state index is 11.8. The number of hydrogen-bond donors (Lipinski definition) is 2. The van der Waals surface area contributed by atoms with Gasteiger partial charge in [0.2, 0.25) is 11.8 Å². The van der Waals surface area contributed by atoms with Crippen LogP contribution in [0.2, 0.25) is 0 Å². The van der Waals surface area contributed by atoms with E-state index in [0.717, 1.165) is 0 Å². The first-order chi connectivity index (χ1) is 20.4. The van der Waals surface area contributed by atoms with Gasteiger partial charge in [-0.2, -0.15) is 0 Å². The Bertz CT molecular complexity index is 1060. The molecule has 0 aliphatic heterocycles. The zero-order chi connectivity index (χ0) is 32.1. The van der Waals surface area contributed by atoms with Gasteiger partial charge in [0.25, 0.3) is 5.69 Å². The number of hydrogen-bond acceptors (Lipinski definition) is 13. The fraction of sp³-hybridized carbons (Fsp3) is 0.593. The SMILES string of the molecule is CC(C)(C)OC(=O)CCC(=O)NCCOC(=O)CCC(=O)NCCOCCOCCOC(=O)Oc1ccc([N+](=O)[O-])cc1. The van der Waals surface area contributed by atoms with E-state index in [1.165, 1.54) is 24.3 Å². The summed E-state index contributed by atoms with van der Waals surface area (Å²) in [5, 5.41) is 15.7. The Morgan fingerprint density at radius 2 is 1.26 bits per heavy atom. The molecule has 1 rings (SSSR count). The van der Waals surface area contributed by atoms with Crippen LogP contribution in [0.1, 0.15) is 46.5 Å². The minimum Gasteiger partial charge on any atom is -0.464 e. The van der Waals surface area contributed by atoms with Crippen LogP contribution >= 0.6 is 0 Å². The highest BCUT2D eigenvalue weighted by Crippen LogP contribution is 2.17. The minimum atomic E-state index is -0.977. The van der Waals surface area contributed by atoms with Gasteiger partial charge in [0, 0.05) is 31.5 Å². The summed E-state index contributed by atoms with van der Waals surface area (Å²) in [6.07, 6.45) is -1.27. The van der Waals surface area contributed by atoms with E-state index >= 15 is 0 Å². The van der Waals surface area contributed by atoms with Crippen LogP contribution in [0.3, 0.4) is 0 Å². The highest BCUT2D eigenvalue weighted by atomic mass is 16.7. The molecule has 0 fully saturated rings. The van der Waals surface area contributed by atoms with E-state index in [2.05, 4.69) is 10.6 Å². The number of amides is 2. The van der Waals surface area contributed by atoms with E-state index in [1.807, 2.05) is 0 Å². The summed E-state index contributed by atoms with van der Waals surface area (Å²) in [6.45, 7) is 6.11. The molecule has 1 aromatic rings. The smallest absolute Gasteiger partial charge is 0.464 e. The van der Waals surface area contributed by atoms with Crippen LogP contribution < -0.4 is 15.4 Å². The molecule has 16 heteroatoms. The highest BCUT2D eigenvalue weighted by Gasteiger charge is 2.17. The van der Waals surface area contributed by atoms with Gasteiger partial charge in [-0.1, -0.05) is 0 Å². The summed E-state index contributed by atoms with van der Waals surface area (Å²) in [4.78, 5) is 68.5. The number of nitrogens with zero attached hydrogens (tertiary/aromatic N) is 1. The van der Waals surface area contributed by atoms with Gasteiger partial charge >= 0.3 is 18.1 Å². The summed E-state index contributed by atoms with van der Waals surface area (Å²) in [5.74, 6) is -1.69. The predicted molar refractivity (Wildman–Crippen MR) is 148 cm³/mol. The molecule has 0 aromatic heterocycles. The van der Waals surface area contributed by atoms with Gasteiger partial charge in [-0.25, -0.2) is 4.79 Å². The fourth-order valence-corrected chi connectivity index (χ4v) is 2.96. The first-order valence-electron chi connectivity index (χ1n) is 13.5. The summed E-state index contributed by atoms with van der Waals surface area (Å²) in [6, 6.07) is 4.94. The Labute approximate surface area is 248 Å². The molecule has 0 saturated carbocycles. The van der Waals surface area contributed by atoms with Crippen molar-refractivity contribution < 1.29 is 57.3 Å². The molecule has 0 heterocycles. The molecule has 0 atom stereocenters. The quantitative estimate of drug-likeness (QED) is 0.0538. The van der Waals surface area contributed by atoms with Gasteiger partial charge in [-0.3, -0.25) is 29.3 Å². The van der Waals surface area contributed by atoms with E-state index < -0.39 is 28.6 Å². The molecule has 0 bridgehead atoms. The topological polar surface area (TPSA) is 208 Å². The molecule has 0 unspecified atom stereocenters. The maximum absolute atomic E-state index is 11.8. The number of esters is 2. The number of benzene rings is 1. The first-order valence-corrected chi connectivity index (χ1v) is 13.5. The van der Waals surface area contributed by atoms with E-state index in [-0.39, 0.29) is 102 Å². The second kappa shape index (κ2) is 20.5. The van der Waals surface area contributed by atoms with E-state index in [9.17, 15) is 34.1 Å². The van der Waals surface area contributed by atoms with Crippen molar-refractivity contribution in [3.8, 4) is 5.75 Å². The molecule has 1 aromatic carbocycles. The Morgan fingerprint density at radius 1 is 0.721 bits per heavy atom. The fourth-order valence-electron chi connectivity index (χ4n) is 2.96. The second-order valence-corrected chi connectivity index (χ2v) is 9.68. The normalized spacial score (nSPS) is 10.8. The monoisotopic (exact) mass is 613 g/mol. The van der Waals surface area contributed by atoms with Crippen molar-refractivity contribution in [2.24, 2.45) is 0 Å². The van der Waals surface area contributed by atoms with Crippen molar-refractivity contribution in [3.63, 3.8) is 0 Å². The molecular weight excluding hydrogens is 574 g/mol. The molecule has 43 heavy (non-hydrogen) atoms. The van der Waals surface area contributed by atoms with Crippen LogP contribution in [-0.4, -0.2) is 93.2 Å². The summed E-state index contributed by atoms with van der Waals surface area (Å²) in [7, 11) is 0. The number of carbonyl (C=O) groups is 5. The highest BCUT2D eigenvalue weighted by molar-refractivity contribution is 5.82. The molecule has 240 valence electrons. The van der Waals surface area contributed by atoms with Crippen LogP contribution in [0.4, 0.5) is 10.5 Å². The zero-order valence-electron chi connectivity index (χ0n) is 24.5. The van der Waals surface area contributed by atoms with Gasteiger partial charge in [-0.15, -0.1) is 0 Å². The third-order valence-electron chi connectivity index (χ3n) is 4.86. The first kappa shape index (κ1) is 36.7. The zero-order valence-corrected chi connectivity index (χ0v) is 24.5. The molecule has 0 aliphatic carbocycles. The maximum Gasteiger partial charge on any atom is 0.513 e. The third-order valence-corrected chi connectivity index (χ3v) is 4.86. The lowest BCUT2D eigenvalue weighted by Gasteiger charge is -2.19. The van der Waals surface area contributed by atoms with Gasteiger partial charge in [0.05, 0.1) is 50.7 Å². The van der Waals surface area contributed by atoms with Crippen LogP contribution in [-0.2, 0) is 42.9 Å². The lowest BCUT2D eigenvalue weighted by atomic mass is 10.2. The Balaban J connectivity index is 1.94. The Hall–Kier alpha value is -4.31. The Morgan fingerprint density at radius 3 is 1.84 bits per heavy atom. The third kappa shape index (κ3) is 20.3. The van der Waals surface area contributed by atoms with E-state index in [1.54, 1.807) is 20.8 Å². The van der Waals surface area contributed by atoms with Crippen LogP contribution in [0, 0.1) is 10.1 Å². The lowest BCUT2D eigenvalue weighted by Crippen LogP contribution is -2.30. The average Bonchev–Trinajstić information content (AvgIpc) is 2.93. The summed E-state index contributed by atoms with van der Waals surface area (Å²) >= 11 is 0. The minimum absolute atomic E-state index is 0.0397. The number of nitrogens with one attached hydrogen (secondary N) is 2. The second-order valence-electron chi connectivity index (χ2n) is 9.68. The van der Waals surface area contributed by atoms with E-state index in [4.69, 9.17) is 28.4 Å². The van der Waals surface area contributed by atoms with Gasteiger partial charge < -0.3 is 39.1 Å². The van der Waals surface area contributed by atoms with Crippen molar-refractivity contribution in [3.05, 3.63) is 34.4 Å². The van der Waals surface area contributed by atoms with Gasteiger partial charge in [-0.05, 0) is 32.9 Å². The predicted octanol–water partition coefficient (Wildman–Crippen LogP) is 1.82. The molecule has 2 amide bonds.